The molecule has 1 fully saturated rings. The molecule has 21 heavy (non-hydrogen) atoms. The summed E-state index contributed by atoms with van der Waals surface area (Å²) in [6, 6.07) is 7.53. The number of benzene rings is 1. The second-order valence-electron chi connectivity index (χ2n) is 5.84. The van der Waals surface area contributed by atoms with E-state index in [9.17, 15) is 8.42 Å². The molecule has 0 unspecified atom stereocenters. The second-order valence-corrected chi connectivity index (χ2v) is 8.34. The Kier molecular flexibility index (Phi) is 3.58. The van der Waals surface area contributed by atoms with Crippen LogP contribution in [0.2, 0.25) is 5.15 Å². The molecule has 0 bridgehead atoms. The van der Waals surface area contributed by atoms with Crippen LogP contribution in [-0.4, -0.2) is 32.0 Å². The molecule has 0 atom stereocenters. The summed E-state index contributed by atoms with van der Waals surface area (Å²) in [5.74, 6) is 0.882. The van der Waals surface area contributed by atoms with Gasteiger partial charge in [0.05, 0.1) is 12.4 Å². The molecule has 4 nitrogen and oxygen atoms in total. The van der Waals surface area contributed by atoms with Gasteiger partial charge in [-0.15, -0.1) is 0 Å². The fourth-order valence-corrected chi connectivity index (χ4v) is 4.21. The van der Waals surface area contributed by atoms with Crippen LogP contribution in [0, 0.1) is 5.41 Å². The van der Waals surface area contributed by atoms with E-state index in [1.165, 1.54) is 6.26 Å². The van der Waals surface area contributed by atoms with Crippen molar-refractivity contribution in [1.29, 1.82) is 0 Å². The first-order valence-corrected chi connectivity index (χ1v) is 9.16. The fourth-order valence-electron chi connectivity index (χ4n) is 2.50. The lowest BCUT2D eigenvalue weighted by atomic mass is 10.1. The number of sulfone groups is 1. The van der Waals surface area contributed by atoms with Gasteiger partial charge < -0.3 is 4.74 Å². The first kappa shape index (κ1) is 14.6. The van der Waals surface area contributed by atoms with Gasteiger partial charge in [-0.1, -0.05) is 17.7 Å². The topological polar surface area (TPSA) is 56.3 Å². The molecule has 6 heteroatoms. The van der Waals surface area contributed by atoms with E-state index in [4.69, 9.17) is 16.3 Å². The highest BCUT2D eigenvalue weighted by Gasteiger charge is 2.46. The molecular weight excluding hydrogens is 310 g/mol. The molecule has 1 aromatic carbocycles. The monoisotopic (exact) mass is 325 g/mol. The standard InChI is InChI=1S/C15H16ClNO3S/c1-21(18,19)10-15(5-6-15)9-20-12-3-2-11-4-7-17-14(16)13(11)8-12/h2-4,7-8H,5-6,9-10H2,1H3. The summed E-state index contributed by atoms with van der Waals surface area (Å²) in [5.41, 5.74) is -0.207. The zero-order chi connectivity index (χ0) is 15.1. The van der Waals surface area contributed by atoms with Crippen molar-refractivity contribution < 1.29 is 13.2 Å². The van der Waals surface area contributed by atoms with E-state index >= 15 is 0 Å². The van der Waals surface area contributed by atoms with Crippen molar-refractivity contribution in [3.63, 3.8) is 0 Å². The van der Waals surface area contributed by atoms with Crippen molar-refractivity contribution in [1.82, 2.24) is 4.98 Å². The zero-order valence-corrected chi connectivity index (χ0v) is 13.2. The molecule has 112 valence electrons. The van der Waals surface area contributed by atoms with Gasteiger partial charge in [0.1, 0.15) is 20.7 Å². The van der Waals surface area contributed by atoms with E-state index in [-0.39, 0.29) is 11.2 Å². The van der Waals surface area contributed by atoms with E-state index < -0.39 is 9.84 Å². The van der Waals surface area contributed by atoms with Crippen LogP contribution in [0.1, 0.15) is 12.8 Å². The number of hydrogen-bond donors (Lipinski definition) is 0. The molecule has 2 aromatic rings. The van der Waals surface area contributed by atoms with Crippen LogP contribution in [0.3, 0.4) is 0 Å². The SMILES string of the molecule is CS(=O)(=O)CC1(COc2ccc3ccnc(Cl)c3c2)CC1. The average Bonchev–Trinajstić information content (AvgIpc) is 3.15. The zero-order valence-electron chi connectivity index (χ0n) is 11.7. The number of ether oxygens (including phenoxy) is 1. The molecular formula is C15H16ClNO3S. The maximum atomic E-state index is 11.4. The summed E-state index contributed by atoms with van der Waals surface area (Å²) < 4.78 is 28.7. The normalized spacial score (nSPS) is 16.9. The predicted molar refractivity (Wildman–Crippen MR) is 83.6 cm³/mol. The summed E-state index contributed by atoms with van der Waals surface area (Å²) in [7, 11) is -2.98. The summed E-state index contributed by atoms with van der Waals surface area (Å²) in [6.07, 6.45) is 4.73. The third-order valence-electron chi connectivity index (χ3n) is 3.76. The third-order valence-corrected chi connectivity index (χ3v) is 5.20. The molecule has 0 aliphatic heterocycles. The summed E-state index contributed by atoms with van der Waals surface area (Å²) >= 11 is 6.07. The fraction of sp³-hybridized carbons (Fsp3) is 0.400. The van der Waals surface area contributed by atoms with Gasteiger partial charge in [-0.3, -0.25) is 0 Å². The third kappa shape index (κ3) is 3.47. The van der Waals surface area contributed by atoms with Crippen molar-refractivity contribution in [3.05, 3.63) is 35.6 Å². The lowest BCUT2D eigenvalue weighted by Gasteiger charge is -2.15. The molecule has 0 saturated heterocycles. The number of hydrogen-bond acceptors (Lipinski definition) is 4. The maximum absolute atomic E-state index is 11.4. The van der Waals surface area contributed by atoms with Gasteiger partial charge in [0.25, 0.3) is 0 Å². The van der Waals surface area contributed by atoms with Gasteiger partial charge in [-0.25, -0.2) is 13.4 Å². The van der Waals surface area contributed by atoms with Gasteiger partial charge in [-0.05, 0) is 36.4 Å². The molecule has 0 spiro atoms. The van der Waals surface area contributed by atoms with Crippen molar-refractivity contribution in [2.24, 2.45) is 5.41 Å². The molecule has 1 aromatic heterocycles. The number of pyridine rings is 1. The molecule has 1 saturated carbocycles. The molecule has 0 N–H and O–H groups in total. The first-order valence-electron chi connectivity index (χ1n) is 6.72. The van der Waals surface area contributed by atoms with E-state index in [2.05, 4.69) is 4.98 Å². The van der Waals surface area contributed by atoms with Crippen molar-refractivity contribution in [3.8, 4) is 5.75 Å². The van der Waals surface area contributed by atoms with Crippen LogP contribution < -0.4 is 4.74 Å². The van der Waals surface area contributed by atoms with Gasteiger partial charge >= 0.3 is 0 Å². The largest absolute Gasteiger partial charge is 0.493 e. The Bertz CT molecular complexity index is 785. The Morgan fingerprint density at radius 3 is 2.76 bits per heavy atom. The highest BCUT2D eigenvalue weighted by atomic mass is 35.5. The van der Waals surface area contributed by atoms with Crippen LogP contribution in [0.4, 0.5) is 0 Å². The Balaban J connectivity index is 1.76. The van der Waals surface area contributed by atoms with Gasteiger partial charge in [-0.2, -0.15) is 0 Å². The predicted octanol–water partition coefficient (Wildman–Crippen LogP) is 3.09. The highest BCUT2D eigenvalue weighted by molar-refractivity contribution is 7.90. The van der Waals surface area contributed by atoms with E-state index in [1.54, 1.807) is 6.20 Å². The first-order chi connectivity index (χ1) is 9.87. The summed E-state index contributed by atoms with van der Waals surface area (Å²) in [5, 5.41) is 2.28. The van der Waals surface area contributed by atoms with Crippen LogP contribution >= 0.6 is 11.6 Å². The number of nitrogens with zero attached hydrogens (tertiary/aromatic N) is 1. The summed E-state index contributed by atoms with van der Waals surface area (Å²) in [6.45, 7) is 0.420. The van der Waals surface area contributed by atoms with Crippen LogP contribution in [-0.2, 0) is 9.84 Å². The second kappa shape index (κ2) is 5.14. The van der Waals surface area contributed by atoms with E-state index in [0.717, 1.165) is 23.6 Å². The molecule has 1 aliphatic rings. The minimum Gasteiger partial charge on any atom is -0.493 e. The van der Waals surface area contributed by atoms with Crippen LogP contribution in [0.25, 0.3) is 10.8 Å². The number of halogens is 1. The number of rotatable bonds is 5. The lowest BCUT2D eigenvalue weighted by molar-refractivity contribution is 0.249. The quantitative estimate of drug-likeness (QED) is 0.793. The Morgan fingerprint density at radius 2 is 2.10 bits per heavy atom. The Labute approximate surface area is 129 Å². The number of fused-ring (bicyclic) bond motifs is 1. The molecule has 1 heterocycles. The van der Waals surface area contributed by atoms with Gasteiger partial charge in [0.2, 0.25) is 0 Å². The Morgan fingerprint density at radius 1 is 1.33 bits per heavy atom. The van der Waals surface area contributed by atoms with Crippen molar-refractivity contribution in [2.45, 2.75) is 12.8 Å². The van der Waals surface area contributed by atoms with Crippen LogP contribution in [0.15, 0.2) is 30.5 Å². The number of aromatic nitrogens is 1. The minimum absolute atomic E-state index is 0.190. The van der Waals surface area contributed by atoms with Crippen molar-refractivity contribution in [2.75, 3.05) is 18.6 Å². The molecule has 0 radical (unpaired) electrons. The lowest BCUT2D eigenvalue weighted by Crippen LogP contribution is -2.22. The van der Waals surface area contributed by atoms with E-state index in [1.807, 2.05) is 24.3 Å². The van der Waals surface area contributed by atoms with E-state index in [0.29, 0.717) is 17.5 Å². The molecule has 3 rings (SSSR count). The highest BCUT2D eigenvalue weighted by Crippen LogP contribution is 2.47. The van der Waals surface area contributed by atoms with Crippen LogP contribution in [0.5, 0.6) is 5.75 Å². The minimum atomic E-state index is -2.98. The average molecular weight is 326 g/mol. The Hall–Kier alpha value is -1.33. The molecule has 1 aliphatic carbocycles. The van der Waals surface area contributed by atoms with Gasteiger partial charge in [0, 0.05) is 23.3 Å². The van der Waals surface area contributed by atoms with Gasteiger partial charge in [0.15, 0.2) is 0 Å². The summed E-state index contributed by atoms with van der Waals surface area (Å²) in [4.78, 5) is 4.05. The maximum Gasteiger partial charge on any atom is 0.148 e. The van der Waals surface area contributed by atoms with Crippen molar-refractivity contribution >= 4 is 32.2 Å². The molecule has 0 amide bonds. The smallest absolute Gasteiger partial charge is 0.148 e.